The lowest BCUT2D eigenvalue weighted by molar-refractivity contribution is -0.150. The number of amides is 2. The number of aromatic nitrogens is 1. The molecule has 7 nitrogen and oxygen atoms in total. The highest BCUT2D eigenvalue weighted by molar-refractivity contribution is 5.85. The van der Waals surface area contributed by atoms with Crippen LogP contribution in [0.4, 0.5) is 0 Å². The largest absolute Gasteiger partial charge is 0.462 e. The van der Waals surface area contributed by atoms with Gasteiger partial charge in [-0.3, -0.25) is 9.59 Å². The standard InChI is InChI=1S/C21H26N4O3/c1-20(2,28-16-4-3-12(10-22)11-24-16)19(27)25-17-14-5-13-6-15(17)9-21(7-13,8-14)18(23)26/h3-4,11,13-15,17H,5-9H2,1-2H3,(H2,23,26)(H,25,27). The first kappa shape index (κ1) is 18.7. The van der Waals surface area contributed by atoms with E-state index in [1.807, 2.05) is 6.07 Å². The van der Waals surface area contributed by atoms with Gasteiger partial charge in [0.05, 0.1) is 5.56 Å². The number of primary amides is 1. The molecule has 4 bridgehead atoms. The number of hydrogen-bond donors (Lipinski definition) is 2. The van der Waals surface area contributed by atoms with E-state index in [1.54, 1.807) is 26.0 Å². The van der Waals surface area contributed by atoms with Crippen molar-refractivity contribution in [2.24, 2.45) is 28.9 Å². The number of nitrogens with zero attached hydrogens (tertiary/aromatic N) is 2. The minimum atomic E-state index is -1.10. The smallest absolute Gasteiger partial charge is 0.263 e. The number of hydrogen-bond acceptors (Lipinski definition) is 5. The maximum absolute atomic E-state index is 13.0. The van der Waals surface area contributed by atoms with Gasteiger partial charge < -0.3 is 15.8 Å². The molecular weight excluding hydrogens is 356 g/mol. The van der Waals surface area contributed by atoms with Crippen LogP contribution >= 0.6 is 0 Å². The summed E-state index contributed by atoms with van der Waals surface area (Å²) in [4.78, 5) is 29.2. The van der Waals surface area contributed by atoms with Gasteiger partial charge in [0.1, 0.15) is 6.07 Å². The van der Waals surface area contributed by atoms with Crippen LogP contribution in [-0.2, 0) is 9.59 Å². The number of nitrogens with one attached hydrogen (secondary N) is 1. The molecule has 2 amide bonds. The number of pyridine rings is 1. The van der Waals surface area contributed by atoms with Gasteiger partial charge in [-0.2, -0.15) is 5.26 Å². The highest BCUT2D eigenvalue weighted by Crippen LogP contribution is 2.59. The van der Waals surface area contributed by atoms with Crippen molar-refractivity contribution in [1.29, 1.82) is 5.26 Å². The molecule has 0 spiro atoms. The van der Waals surface area contributed by atoms with Crippen molar-refractivity contribution in [3.05, 3.63) is 23.9 Å². The molecule has 1 aromatic heterocycles. The number of ether oxygens (including phenoxy) is 1. The van der Waals surface area contributed by atoms with Crippen LogP contribution in [0, 0.1) is 34.5 Å². The monoisotopic (exact) mass is 382 g/mol. The summed E-state index contributed by atoms with van der Waals surface area (Å²) in [5.41, 5.74) is 4.71. The summed E-state index contributed by atoms with van der Waals surface area (Å²) in [5.74, 6) is 1.08. The fourth-order valence-corrected chi connectivity index (χ4v) is 5.70. The first-order valence-electron chi connectivity index (χ1n) is 9.88. The van der Waals surface area contributed by atoms with Crippen molar-refractivity contribution in [3.63, 3.8) is 0 Å². The minimum absolute atomic E-state index is 0.0633. The second-order valence-corrected chi connectivity index (χ2v) is 9.22. The summed E-state index contributed by atoms with van der Waals surface area (Å²) in [5, 5.41) is 12.1. The zero-order chi connectivity index (χ0) is 20.1. The number of carbonyl (C=O) groups is 2. The molecule has 3 N–H and O–H groups in total. The van der Waals surface area contributed by atoms with Crippen molar-refractivity contribution >= 4 is 11.8 Å². The molecule has 4 aliphatic rings. The van der Waals surface area contributed by atoms with Crippen molar-refractivity contribution in [2.45, 2.75) is 57.6 Å². The number of nitrogens with two attached hydrogens (primary N) is 1. The highest BCUT2D eigenvalue weighted by Gasteiger charge is 2.58. The van der Waals surface area contributed by atoms with Crippen LogP contribution < -0.4 is 15.8 Å². The SMILES string of the molecule is CC(C)(Oc1ccc(C#N)cn1)C(=O)NC1C2CC3CC1CC(C(N)=O)(C3)C2. The van der Waals surface area contributed by atoms with Gasteiger partial charge in [0.15, 0.2) is 5.60 Å². The van der Waals surface area contributed by atoms with Gasteiger partial charge in [0, 0.05) is 23.7 Å². The molecule has 1 heterocycles. The van der Waals surface area contributed by atoms with E-state index in [2.05, 4.69) is 10.3 Å². The molecule has 0 aliphatic heterocycles. The summed E-state index contributed by atoms with van der Waals surface area (Å²) < 4.78 is 5.81. The van der Waals surface area contributed by atoms with Crippen LogP contribution in [0.3, 0.4) is 0 Å². The topological polar surface area (TPSA) is 118 Å². The summed E-state index contributed by atoms with van der Waals surface area (Å²) in [6.45, 7) is 3.42. The quantitative estimate of drug-likeness (QED) is 0.806. The van der Waals surface area contributed by atoms with Crippen LogP contribution in [0.15, 0.2) is 18.3 Å². The number of nitriles is 1. The van der Waals surface area contributed by atoms with Gasteiger partial charge in [-0.05, 0) is 69.8 Å². The molecule has 0 aromatic carbocycles. The van der Waals surface area contributed by atoms with Crippen LogP contribution in [0.5, 0.6) is 5.88 Å². The average molecular weight is 382 g/mol. The molecule has 2 atom stereocenters. The second-order valence-electron chi connectivity index (χ2n) is 9.22. The van der Waals surface area contributed by atoms with Gasteiger partial charge >= 0.3 is 0 Å². The molecule has 0 saturated heterocycles. The van der Waals surface area contributed by atoms with E-state index in [0.717, 1.165) is 32.1 Å². The Bertz CT molecular complexity index is 826. The Labute approximate surface area is 164 Å². The van der Waals surface area contributed by atoms with Crippen molar-refractivity contribution in [2.75, 3.05) is 0 Å². The molecule has 7 heteroatoms. The Kier molecular flexibility index (Phi) is 4.33. The molecule has 4 aliphatic carbocycles. The van der Waals surface area contributed by atoms with E-state index in [0.29, 0.717) is 29.2 Å². The van der Waals surface area contributed by atoms with E-state index in [1.165, 1.54) is 6.20 Å². The Morgan fingerprint density at radius 1 is 1.29 bits per heavy atom. The molecular formula is C21H26N4O3. The van der Waals surface area contributed by atoms with Crippen molar-refractivity contribution in [3.8, 4) is 11.9 Å². The summed E-state index contributed by atoms with van der Waals surface area (Å²) in [6.07, 6.45) is 5.99. The molecule has 4 fully saturated rings. The normalized spacial score (nSPS) is 33.2. The van der Waals surface area contributed by atoms with Crippen LogP contribution in [0.1, 0.15) is 51.5 Å². The van der Waals surface area contributed by atoms with E-state index in [-0.39, 0.29) is 23.3 Å². The molecule has 148 valence electrons. The van der Waals surface area contributed by atoms with E-state index < -0.39 is 5.60 Å². The summed E-state index contributed by atoms with van der Waals surface area (Å²) in [7, 11) is 0. The Morgan fingerprint density at radius 3 is 2.50 bits per heavy atom. The Hall–Kier alpha value is -2.62. The minimum Gasteiger partial charge on any atom is -0.462 e. The van der Waals surface area contributed by atoms with Crippen LogP contribution in [0.2, 0.25) is 0 Å². The highest BCUT2D eigenvalue weighted by atomic mass is 16.5. The van der Waals surface area contributed by atoms with Gasteiger partial charge in [-0.1, -0.05) is 0 Å². The van der Waals surface area contributed by atoms with Gasteiger partial charge in [0.25, 0.3) is 5.91 Å². The lowest BCUT2D eigenvalue weighted by Gasteiger charge is -2.59. The second kappa shape index (κ2) is 6.47. The van der Waals surface area contributed by atoms with Crippen LogP contribution in [-0.4, -0.2) is 28.4 Å². The Balaban J connectivity index is 1.44. The summed E-state index contributed by atoms with van der Waals surface area (Å²) >= 11 is 0. The molecule has 1 aromatic rings. The predicted octanol–water partition coefficient (Wildman–Crippen LogP) is 1.91. The summed E-state index contributed by atoms with van der Waals surface area (Å²) in [6, 6.07) is 5.27. The third-order valence-electron chi connectivity index (χ3n) is 6.87. The zero-order valence-corrected chi connectivity index (χ0v) is 16.3. The van der Waals surface area contributed by atoms with Gasteiger partial charge in [0.2, 0.25) is 11.8 Å². The van der Waals surface area contributed by atoms with E-state index in [9.17, 15) is 9.59 Å². The molecule has 4 saturated carbocycles. The van der Waals surface area contributed by atoms with Gasteiger partial charge in [-0.15, -0.1) is 0 Å². The maximum Gasteiger partial charge on any atom is 0.263 e. The van der Waals surface area contributed by atoms with Crippen LogP contribution in [0.25, 0.3) is 0 Å². The number of rotatable bonds is 5. The maximum atomic E-state index is 13.0. The molecule has 28 heavy (non-hydrogen) atoms. The van der Waals surface area contributed by atoms with Crippen molar-refractivity contribution in [1.82, 2.24) is 10.3 Å². The van der Waals surface area contributed by atoms with E-state index in [4.69, 9.17) is 15.7 Å². The van der Waals surface area contributed by atoms with Gasteiger partial charge in [-0.25, -0.2) is 4.98 Å². The third kappa shape index (κ3) is 3.11. The fraction of sp³-hybridized carbons (Fsp3) is 0.619. The Morgan fingerprint density at radius 2 is 1.96 bits per heavy atom. The average Bonchev–Trinajstić information content (AvgIpc) is 2.64. The first-order valence-corrected chi connectivity index (χ1v) is 9.88. The number of carbonyl (C=O) groups excluding carboxylic acids is 2. The lowest BCUT2D eigenvalue weighted by atomic mass is 9.47. The zero-order valence-electron chi connectivity index (χ0n) is 16.3. The van der Waals surface area contributed by atoms with Crippen molar-refractivity contribution < 1.29 is 14.3 Å². The fourth-order valence-electron chi connectivity index (χ4n) is 5.70. The molecule has 5 rings (SSSR count). The van der Waals surface area contributed by atoms with E-state index >= 15 is 0 Å². The first-order chi connectivity index (χ1) is 13.2. The predicted molar refractivity (Wildman–Crippen MR) is 101 cm³/mol. The molecule has 2 unspecified atom stereocenters. The third-order valence-corrected chi connectivity index (χ3v) is 6.87. The lowest BCUT2D eigenvalue weighted by Crippen LogP contribution is -2.64. The molecule has 0 radical (unpaired) electrons.